The second-order valence-electron chi connectivity index (χ2n) is 5.54. The summed E-state index contributed by atoms with van der Waals surface area (Å²) in [5, 5.41) is 6.21. The summed E-state index contributed by atoms with van der Waals surface area (Å²) in [4.78, 5) is 1.63. The number of fused-ring (bicyclic) bond motifs is 1. The van der Waals surface area contributed by atoms with Crippen LogP contribution in [0.3, 0.4) is 0 Å². The summed E-state index contributed by atoms with van der Waals surface area (Å²) in [6, 6.07) is 3.71. The summed E-state index contributed by atoms with van der Waals surface area (Å²) in [6.07, 6.45) is 10.6. The predicted molar refractivity (Wildman–Crippen MR) is 81.4 cm³/mol. The Morgan fingerprint density at radius 2 is 2.22 bits per heavy atom. The first-order valence-electron chi connectivity index (χ1n) is 7.67. The van der Waals surface area contributed by atoms with Crippen molar-refractivity contribution in [1.82, 2.24) is 5.32 Å². The van der Waals surface area contributed by atoms with Gasteiger partial charge in [-0.2, -0.15) is 0 Å². The van der Waals surface area contributed by atoms with Gasteiger partial charge in [-0.25, -0.2) is 0 Å². The van der Waals surface area contributed by atoms with Crippen molar-refractivity contribution in [1.29, 1.82) is 0 Å². The maximum atomic E-state index is 3.94. The molecule has 1 aliphatic carbocycles. The lowest BCUT2D eigenvalue weighted by atomic mass is 9.92. The molecular formula is C16H27NS. The Morgan fingerprint density at radius 3 is 3.00 bits per heavy atom. The van der Waals surface area contributed by atoms with Gasteiger partial charge in [0, 0.05) is 17.0 Å². The molecule has 0 bridgehead atoms. The lowest BCUT2D eigenvalue weighted by Crippen LogP contribution is -2.34. The molecule has 1 aromatic heterocycles. The highest BCUT2D eigenvalue weighted by molar-refractivity contribution is 7.10. The van der Waals surface area contributed by atoms with Gasteiger partial charge in [0.15, 0.2) is 0 Å². The van der Waals surface area contributed by atoms with E-state index in [1.54, 1.807) is 10.4 Å². The molecule has 0 aromatic carbocycles. The van der Waals surface area contributed by atoms with E-state index in [1.807, 2.05) is 11.3 Å². The Balaban J connectivity index is 1.95. The Hall–Kier alpha value is -0.340. The van der Waals surface area contributed by atoms with E-state index in [1.165, 1.54) is 51.4 Å². The van der Waals surface area contributed by atoms with Crippen LogP contribution in [-0.2, 0) is 6.42 Å². The molecule has 102 valence electrons. The molecular weight excluding hydrogens is 238 g/mol. The first kappa shape index (κ1) is 14.1. The third kappa shape index (κ3) is 3.58. The molecule has 1 nitrogen and oxygen atoms in total. The van der Waals surface area contributed by atoms with E-state index in [2.05, 4.69) is 30.6 Å². The minimum absolute atomic E-state index is 0.633. The summed E-state index contributed by atoms with van der Waals surface area (Å²) in [6.45, 7) is 4.60. The molecule has 2 heteroatoms. The molecule has 2 rings (SSSR count). The topological polar surface area (TPSA) is 12.0 Å². The highest BCUT2D eigenvalue weighted by Gasteiger charge is 2.23. The van der Waals surface area contributed by atoms with Gasteiger partial charge in [-0.1, -0.05) is 33.1 Å². The van der Waals surface area contributed by atoms with Crippen molar-refractivity contribution in [3.8, 4) is 0 Å². The van der Waals surface area contributed by atoms with Crippen molar-refractivity contribution in [2.45, 2.75) is 77.3 Å². The number of aryl methyl sites for hydroxylation is 1. The monoisotopic (exact) mass is 265 g/mol. The predicted octanol–water partition coefficient (Wildman–Crippen LogP) is 5.07. The van der Waals surface area contributed by atoms with E-state index >= 15 is 0 Å². The first-order valence-corrected chi connectivity index (χ1v) is 8.55. The summed E-state index contributed by atoms with van der Waals surface area (Å²) >= 11 is 1.95. The highest BCUT2D eigenvalue weighted by atomic mass is 32.1. The van der Waals surface area contributed by atoms with Crippen molar-refractivity contribution in [2.75, 3.05) is 0 Å². The zero-order chi connectivity index (χ0) is 12.8. The smallest absolute Gasteiger partial charge is 0.0333 e. The average Bonchev–Trinajstić information content (AvgIpc) is 2.85. The van der Waals surface area contributed by atoms with Crippen LogP contribution in [0.2, 0.25) is 0 Å². The largest absolute Gasteiger partial charge is 0.307 e. The Kier molecular flexibility index (Phi) is 5.71. The number of rotatable bonds is 7. The normalized spacial score (nSPS) is 20.7. The molecule has 2 unspecified atom stereocenters. The SMILES string of the molecule is CCCCC(CCC)NC1CCCc2sccc21. The van der Waals surface area contributed by atoms with E-state index in [0.29, 0.717) is 6.04 Å². The molecule has 0 spiro atoms. The van der Waals surface area contributed by atoms with Crippen LogP contribution in [0.5, 0.6) is 0 Å². The summed E-state index contributed by atoms with van der Waals surface area (Å²) in [7, 11) is 0. The highest BCUT2D eigenvalue weighted by Crippen LogP contribution is 2.34. The first-order chi connectivity index (χ1) is 8.85. The van der Waals surface area contributed by atoms with Gasteiger partial charge in [0.25, 0.3) is 0 Å². The van der Waals surface area contributed by atoms with E-state index in [4.69, 9.17) is 0 Å². The maximum absolute atomic E-state index is 3.94. The van der Waals surface area contributed by atoms with Crippen LogP contribution < -0.4 is 5.32 Å². The molecule has 0 fully saturated rings. The molecule has 0 saturated carbocycles. The number of hydrogen-bond donors (Lipinski definition) is 1. The van der Waals surface area contributed by atoms with Gasteiger partial charge in [-0.3, -0.25) is 0 Å². The molecule has 1 aromatic rings. The third-order valence-corrected chi connectivity index (χ3v) is 5.03. The zero-order valence-electron chi connectivity index (χ0n) is 11.9. The quantitative estimate of drug-likeness (QED) is 0.725. The van der Waals surface area contributed by atoms with Crippen LogP contribution in [-0.4, -0.2) is 6.04 Å². The van der Waals surface area contributed by atoms with Crippen LogP contribution in [0.25, 0.3) is 0 Å². The number of thiophene rings is 1. The van der Waals surface area contributed by atoms with Crippen LogP contribution >= 0.6 is 11.3 Å². The fraction of sp³-hybridized carbons (Fsp3) is 0.750. The van der Waals surface area contributed by atoms with Gasteiger partial charge < -0.3 is 5.32 Å². The number of unbranched alkanes of at least 4 members (excludes halogenated alkanes) is 1. The summed E-state index contributed by atoms with van der Waals surface area (Å²) in [5.41, 5.74) is 1.60. The average molecular weight is 265 g/mol. The molecule has 0 radical (unpaired) electrons. The summed E-state index contributed by atoms with van der Waals surface area (Å²) in [5.74, 6) is 0. The zero-order valence-corrected chi connectivity index (χ0v) is 12.7. The fourth-order valence-electron chi connectivity index (χ4n) is 3.05. The van der Waals surface area contributed by atoms with Crippen LogP contribution in [0.4, 0.5) is 0 Å². The van der Waals surface area contributed by atoms with Gasteiger partial charge in [-0.05, 0) is 49.1 Å². The van der Waals surface area contributed by atoms with Gasteiger partial charge in [0.2, 0.25) is 0 Å². The molecule has 2 atom stereocenters. The van der Waals surface area contributed by atoms with E-state index in [9.17, 15) is 0 Å². The molecule has 0 saturated heterocycles. The lowest BCUT2D eigenvalue weighted by molar-refractivity contribution is 0.358. The van der Waals surface area contributed by atoms with Crippen LogP contribution in [0.1, 0.15) is 75.3 Å². The molecule has 0 amide bonds. The van der Waals surface area contributed by atoms with E-state index in [0.717, 1.165) is 6.04 Å². The molecule has 18 heavy (non-hydrogen) atoms. The van der Waals surface area contributed by atoms with E-state index in [-0.39, 0.29) is 0 Å². The van der Waals surface area contributed by atoms with Crippen molar-refractivity contribution >= 4 is 11.3 Å². The Labute approximate surface area is 116 Å². The molecule has 1 N–H and O–H groups in total. The molecule has 1 aliphatic rings. The second kappa shape index (κ2) is 7.30. The standard InChI is InChI=1S/C16H27NS/c1-3-5-8-13(7-4-2)17-15-9-6-10-16-14(15)11-12-18-16/h11-13,15,17H,3-10H2,1-2H3. The van der Waals surface area contributed by atoms with Gasteiger partial charge in [0.05, 0.1) is 0 Å². The lowest BCUT2D eigenvalue weighted by Gasteiger charge is -2.29. The number of hydrogen-bond acceptors (Lipinski definition) is 2. The third-order valence-electron chi connectivity index (χ3n) is 4.03. The van der Waals surface area contributed by atoms with Gasteiger partial charge in [0.1, 0.15) is 0 Å². The second-order valence-corrected chi connectivity index (χ2v) is 6.54. The fourth-order valence-corrected chi connectivity index (χ4v) is 4.04. The Bertz CT molecular complexity index is 345. The van der Waals surface area contributed by atoms with Crippen LogP contribution in [0, 0.1) is 0 Å². The summed E-state index contributed by atoms with van der Waals surface area (Å²) < 4.78 is 0. The van der Waals surface area contributed by atoms with Gasteiger partial charge in [-0.15, -0.1) is 11.3 Å². The van der Waals surface area contributed by atoms with Crippen molar-refractivity contribution < 1.29 is 0 Å². The molecule has 0 aliphatic heterocycles. The molecule has 1 heterocycles. The van der Waals surface area contributed by atoms with Crippen LogP contribution in [0.15, 0.2) is 11.4 Å². The van der Waals surface area contributed by atoms with E-state index < -0.39 is 0 Å². The Morgan fingerprint density at radius 1 is 1.33 bits per heavy atom. The van der Waals surface area contributed by atoms with Crippen molar-refractivity contribution in [3.05, 3.63) is 21.9 Å². The minimum atomic E-state index is 0.633. The number of nitrogens with one attached hydrogen (secondary N) is 1. The van der Waals surface area contributed by atoms with Crippen molar-refractivity contribution in [3.63, 3.8) is 0 Å². The van der Waals surface area contributed by atoms with Gasteiger partial charge >= 0.3 is 0 Å². The minimum Gasteiger partial charge on any atom is -0.307 e. The maximum Gasteiger partial charge on any atom is 0.0333 e. The van der Waals surface area contributed by atoms with Crippen molar-refractivity contribution in [2.24, 2.45) is 0 Å².